The van der Waals surface area contributed by atoms with E-state index in [9.17, 15) is 0 Å². The number of methoxy groups -OCH3 is 1. The number of hydrogen-bond acceptors (Lipinski definition) is 3. The van der Waals surface area contributed by atoms with Gasteiger partial charge in [-0.05, 0) is 36.1 Å². The second-order valence-corrected chi connectivity index (χ2v) is 5.44. The average Bonchev–Trinajstić information content (AvgIpc) is 3.36. The predicted molar refractivity (Wildman–Crippen MR) is 83.6 cm³/mol. The van der Waals surface area contributed by atoms with E-state index < -0.39 is 0 Å². The summed E-state index contributed by atoms with van der Waals surface area (Å²) in [6, 6.07) is 17.0. The van der Waals surface area contributed by atoms with Gasteiger partial charge in [-0.2, -0.15) is 0 Å². The molecule has 0 bridgehead atoms. The molecule has 0 aromatic heterocycles. The van der Waals surface area contributed by atoms with Crippen molar-refractivity contribution >= 4 is 0 Å². The zero-order chi connectivity index (χ0) is 14.5. The third kappa shape index (κ3) is 4.23. The highest BCUT2D eigenvalue weighted by Crippen LogP contribution is 2.21. The topological polar surface area (TPSA) is 30.5 Å². The molecule has 3 heteroatoms. The molecule has 21 heavy (non-hydrogen) atoms. The highest BCUT2D eigenvalue weighted by molar-refractivity contribution is 5.33. The van der Waals surface area contributed by atoms with Crippen molar-refractivity contribution in [3.05, 3.63) is 59.7 Å². The summed E-state index contributed by atoms with van der Waals surface area (Å²) in [6.45, 7) is 1.52. The maximum atomic E-state index is 5.83. The molecule has 110 valence electrons. The minimum Gasteiger partial charge on any atom is -0.497 e. The van der Waals surface area contributed by atoms with Gasteiger partial charge in [0.15, 0.2) is 0 Å². The van der Waals surface area contributed by atoms with Gasteiger partial charge < -0.3 is 14.8 Å². The molecule has 3 nitrogen and oxygen atoms in total. The summed E-state index contributed by atoms with van der Waals surface area (Å²) in [7, 11) is 1.66. The summed E-state index contributed by atoms with van der Waals surface area (Å²) < 4.78 is 11.0. The van der Waals surface area contributed by atoms with Crippen molar-refractivity contribution in [1.82, 2.24) is 5.32 Å². The molecule has 0 unspecified atom stereocenters. The Labute approximate surface area is 125 Å². The summed E-state index contributed by atoms with van der Waals surface area (Å²) in [6.07, 6.45) is 2.64. The largest absolute Gasteiger partial charge is 0.497 e. The van der Waals surface area contributed by atoms with E-state index in [4.69, 9.17) is 9.47 Å². The van der Waals surface area contributed by atoms with Gasteiger partial charge in [0.1, 0.15) is 18.1 Å². The van der Waals surface area contributed by atoms with Crippen LogP contribution >= 0.6 is 0 Å². The smallest absolute Gasteiger partial charge is 0.123 e. The summed E-state index contributed by atoms with van der Waals surface area (Å²) in [5.41, 5.74) is 2.50. The minimum absolute atomic E-state index is 0.574. The average molecular weight is 283 g/mol. The minimum atomic E-state index is 0.574. The van der Waals surface area contributed by atoms with Gasteiger partial charge in [0.05, 0.1) is 7.11 Å². The van der Waals surface area contributed by atoms with Crippen LogP contribution in [0.2, 0.25) is 0 Å². The fourth-order valence-electron chi connectivity index (χ4n) is 2.24. The van der Waals surface area contributed by atoms with Crippen LogP contribution in [0.5, 0.6) is 11.5 Å². The Kier molecular flexibility index (Phi) is 4.41. The number of hydrogen-bond donors (Lipinski definition) is 1. The quantitative estimate of drug-likeness (QED) is 0.843. The molecule has 0 spiro atoms. The number of ether oxygens (including phenoxy) is 2. The van der Waals surface area contributed by atoms with E-state index in [2.05, 4.69) is 29.6 Å². The lowest BCUT2D eigenvalue weighted by Gasteiger charge is -2.09. The second kappa shape index (κ2) is 6.64. The van der Waals surface area contributed by atoms with E-state index in [1.54, 1.807) is 7.11 Å². The summed E-state index contributed by atoms with van der Waals surface area (Å²) in [5, 5.41) is 3.53. The fraction of sp³-hybridized carbons (Fsp3) is 0.333. The highest BCUT2D eigenvalue weighted by Gasteiger charge is 2.19. The lowest BCUT2D eigenvalue weighted by molar-refractivity contribution is 0.303. The lowest BCUT2D eigenvalue weighted by Crippen LogP contribution is -2.15. The molecule has 2 aromatic carbocycles. The van der Waals surface area contributed by atoms with Crippen LogP contribution in [0.15, 0.2) is 48.5 Å². The molecule has 0 amide bonds. The molecular weight excluding hydrogens is 262 g/mol. The van der Waals surface area contributed by atoms with E-state index in [0.717, 1.165) is 24.1 Å². The van der Waals surface area contributed by atoms with Gasteiger partial charge >= 0.3 is 0 Å². The molecular formula is C18H21NO2. The normalized spacial score (nSPS) is 14.0. The Hall–Kier alpha value is -2.00. The second-order valence-electron chi connectivity index (χ2n) is 5.44. The van der Waals surface area contributed by atoms with Gasteiger partial charge in [0.2, 0.25) is 0 Å². The van der Waals surface area contributed by atoms with Crippen LogP contribution in [0.1, 0.15) is 24.0 Å². The molecule has 1 aliphatic carbocycles. The first-order valence-electron chi connectivity index (χ1n) is 7.41. The Morgan fingerprint density at radius 1 is 1.00 bits per heavy atom. The van der Waals surface area contributed by atoms with Crippen molar-refractivity contribution < 1.29 is 9.47 Å². The monoisotopic (exact) mass is 283 g/mol. The number of rotatable bonds is 7. The molecule has 0 radical (unpaired) electrons. The maximum Gasteiger partial charge on any atom is 0.123 e. The first-order chi connectivity index (χ1) is 10.3. The van der Waals surface area contributed by atoms with Crippen LogP contribution in [0.25, 0.3) is 0 Å². The van der Waals surface area contributed by atoms with Crippen molar-refractivity contribution in [2.75, 3.05) is 7.11 Å². The van der Waals surface area contributed by atoms with Gasteiger partial charge in [0, 0.05) is 18.7 Å². The van der Waals surface area contributed by atoms with E-state index in [-0.39, 0.29) is 0 Å². The van der Waals surface area contributed by atoms with Crippen molar-refractivity contribution in [3.63, 3.8) is 0 Å². The summed E-state index contributed by atoms with van der Waals surface area (Å²) in [5.74, 6) is 1.64. The molecule has 1 fully saturated rings. The Balaban J connectivity index is 1.57. The summed E-state index contributed by atoms with van der Waals surface area (Å²) in [4.78, 5) is 0. The van der Waals surface area contributed by atoms with Crippen molar-refractivity contribution in [1.29, 1.82) is 0 Å². The van der Waals surface area contributed by atoms with Crippen LogP contribution in [-0.4, -0.2) is 13.2 Å². The molecule has 0 atom stereocenters. The van der Waals surface area contributed by atoms with Crippen LogP contribution < -0.4 is 14.8 Å². The van der Waals surface area contributed by atoms with Crippen LogP contribution in [0.3, 0.4) is 0 Å². The van der Waals surface area contributed by atoms with Crippen molar-refractivity contribution in [2.45, 2.75) is 32.0 Å². The third-order valence-corrected chi connectivity index (χ3v) is 3.61. The highest BCUT2D eigenvalue weighted by atomic mass is 16.5. The molecule has 1 N–H and O–H groups in total. The molecule has 2 aromatic rings. The van der Waals surface area contributed by atoms with Gasteiger partial charge in [-0.1, -0.05) is 30.3 Å². The Morgan fingerprint density at radius 2 is 1.76 bits per heavy atom. The molecule has 0 saturated heterocycles. The molecule has 0 aliphatic heterocycles. The van der Waals surface area contributed by atoms with Crippen LogP contribution in [0, 0.1) is 0 Å². The lowest BCUT2D eigenvalue weighted by atomic mass is 10.1. The fourth-order valence-corrected chi connectivity index (χ4v) is 2.24. The van der Waals surface area contributed by atoms with Gasteiger partial charge in [-0.3, -0.25) is 0 Å². The first-order valence-corrected chi connectivity index (χ1v) is 7.41. The van der Waals surface area contributed by atoms with E-state index in [0.29, 0.717) is 6.61 Å². The molecule has 3 rings (SSSR count). The number of nitrogens with one attached hydrogen (secondary N) is 1. The van der Waals surface area contributed by atoms with E-state index in [1.165, 1.54) is 24.0 Å². The first kappa shape index (κ1) is 14.0. The predicted octanol–water partition coefficient (Wildman–Crippen LogP) is 3.53. The SMILES string of the molecule is COc1cccc(OCc2cccc(CNC3CC3)c2)c1. The maximum absolute atomic E-state index is 5.83. The molecule has 1 aliphatic rings. The standard InChI is InChI=1S/C18H21NO2/c1-20-17-6-3-7-18(11-17)21-13-15-5-2-4-14(10-15)12-19-16-8-9-16/h2-7,10-11,16,19H,8-9,12-13H2,1H3. The molecule has 0 heterocycles. The van der Waals surface area contributed by atoms with Crippen molar-refractivity contribution in [2.24, 2.45) is 0 Å². The zero-order valence-electron chi connectivity index (χ0n) is 12.3. The Morgan fingerprint density at radius 3 is 2.57 bits per heavy atom. The third-order valence-electron chi connectivity index (χ3n) is 3.61. The number of benzene rings is 2. The van der Waals surface area contributed by atoms with Crippen LogP contribution in [0.4, 0.5) is 0 Å². The summed E-state index contributed by atoms with van der Waals surface area (Å²) >= 11 is 0. The van der Waals surface area contributed by atoms with E-state index >= 15 is 0 Å². The van der Waals surface area contributed by atoms with Crippen molar-refractivity contribution in [3.8, 4) is 11.5 Å². The van der Waals surface area contributed by atoms with Gasteiger partial charge in [0.25, 0.3) is 0 Å². The zero-order valence-corrected chi connectivity index (χ0v) is 12.3. The van der Waals surface area contributed by atoms with E-state index in [1.807, 2.05) is 24.3 Å². The van der Waals surface area contributed by atoms with Crippen LogP contribution in [-0.2, 0) is 13.2 Å². The van der Waals surface area contributed by atoms with Gasteiger partial charge in [-0.25, -0.2) is 0 Å². The molecule has 1 saturated carbocycles. The van der Waals surface area contributed by atoms with Gasteiger partial charge in [-0.15, -0.1) is 0 Å². The Bertz CT molecular complexity index is 593.